The van der Waals surface area contributed by atoms with Gasteiger partial charge in [0.2, 0.25) is 5.91 Å². The largest absolute Gasteiger partial charge is 0.481 e. The molecule has 0 saturated heterocycles. The van der Waals surface area contributed by atoms with Crippen molar-refractivity contribution in [1.82, 2.24) is 0 Å². The molecule has 1 unspecified atom stereocenters. The van der Waals surface area contributed by atoms with Crippen molar-refractivity contribution in [1.29, 1.82) is 0 Å². The van der Waals surface area contributed by atoms with Crippen LogP contribution < -0.4 is 15.4 Å². The number of benzene rings is 3. The van der Waals surface area contributed by atoms with Crippen molar-refractivity contribution in [2.45, 2.75) is 39.2 Å². The first-order valence-electron chi connectivity index (χ1n) is 10.4. The number of ether oxygens (including phenoxy) is 1. The number of hydrogen-bond donors (Lipinski definition) is 2. The quantitative estimate of drug-likeness (QED) is 0.517. The predicted molar refractivity (Wildman–Crippen MR) is 124 cm³/mol. The second kappa shape index (κ2) is 10.4. The van der Waals surface area contributed by atoms with Gasteiger partial charge in [-0.15, -0.1) is 0 Å². The lowest BCUT2D eigenvalue weighted by Gasteiger charge is -2.16. The van der Waals surface area contributed by atoms with Crippen molar-refractivity contribution in [3.05, 3.63) is 90.0 Å². The number of anilines is 2. The summed E-state index contributed by atoms with van der Waals surface area (Å²) in [6.45, 7) is 5.96. The summed E-state index contributed by atoms with van der Waals surface area (Å²) in [7, 11) is 0. The highest BCUT2D eigenvalue weighted by molar-refractivity contribution is 5.96. The van der Waals surface area contributed by atoms with Crippen molar-refractivity contribution in [2.75, 3.05) is 10.6 Å². The Bertz CT molecular complexity index is 1010. The normalized spacial score (nSPS) is 11.6. The molecule has 31 heavy (non-hydrogen) atoms. The monoisotopic (exact) mass is 416 g/mol. The van der Waals surface area contributed by atoms with Crippen LogP contribution in [0.15, 0.2) is 78.9 Å². The van der Waals surface area contributed by atoms with E-state index < -0.39 is 6.10 Å². The van der Waals surface area contributed by atoms with Gasteiger partial charge in [-0.05, 0) is 54.3 Å². The third kappa shape index (κ3) is 6.71. The van der Waals surface area contributed by atoms with Crippen LogP contribution >= 0.6 is 0 Å². The zero-order chi connectivity index (χ0) is 22.2. The van der Waals surface area contributed by atoms with E-state index in [2.05, 4.69) is 24.5 Å². The van der Waals surface area contributed by atoms with Gasteiger partial charge in [-0.1, -0.05) is 62.4 Å². The summed E-state index contributed by atoms with van der Waals surface area (Å²) in [5.41, 5.74) is 3.37. The van der Waals surface area contributed by atoms with Gasteiger partial charge < -0.3 is 15.4 Å². The smallest absolute Gasteiger partial charge is 0.265 e. The van der Waals surface area contributed by atoms with Gasteiger partial charge in [-0.2, -0.15) is 0 Å². The van der Waals surface area contributed by atoms with Crippen molar-refractivity contribution < 1.29 is 14.3 Å². The second-order valence-corrected chi connectivity index (χ2v) is 7.76. The van der Waals surface area contributed by atoms with Gasteiger partial charge in [-0.3, -0.25) is 9.59 Å². The summed E-state index contributed by atoms with van der Waals surface area (Å²) in [6.07, 6.45) is -0.376. The molecule has 0 saturated carbocycles. The molecule has 0 heterocycles. The van der Waals surface area contributed by atoms with Crippen LogP contribution in [-0.2, 0) is 16.0 Å². The van der Waals surface area contributed by atoms with Gasteiger partial charge in [0.05, 0.1) is 6.42 Å². The van der Waals surface area contributed by atoms with Gasteiger partial charge in [-0.25, -0.2) is 0 Å². The third-order valence-corrected chi connectivity index (χ3v) is 4.85. The van der Waals surface area contributed by atoms with E-state index in [4.69, 9.17) is 4.74 Å². The fourth-order valence-electron chi connectivity index (χ4n) is 3.09. The van der Waals surface area contributed by atoms with Gasteiger partial charge in [0, 0.05) is 11.4 Å². The minimum atomic E-state index is -0.666. The maximum Gasteiger partial charge on any atom is 0.265 e. The predicted octanol–water partition coefficient (Wildman–Crippen LogP) is 5.40. The van der Waals surface area contributed by atoms with Gasteiger partial charge in [0.15, 0.2) is 6.10 Å². The maximum absolute atomic E-state index is 12.5. The molecule has 0 fully saturated rings. The zero-order valence-corrected chi connectivity index (χ0v) is 18.1. The molecule has 0 aromatic heterocycles. The fraction of sp³-hybridized carbons (Fsp3) is 0.231. The summed E-state index contributed by atoms with van der Waals surface area (Å²) in [5, 5.41) is 5.71. The van der Waals surface area contributed by atoms with E-state index in [9.17, 15) is 9.59 Å². The fourth-order valence-corrected chi connectivity index (χ4v) is 3.09. The summed E-state index contributed by atoms with van der Waals surface area (Å²) >= 11 is 0. The Morgan fingerprint density at radius 3 is 2.10 bits per heavy atom. The first-order valence-corrected chi connectivity index (χ1v) is 10.4. The van der Waals surface area contributed by atoms with E-state index in [1.807, 2.05) is 54.6 Å². The molecule has 0 bridgehead atoms. The molecule has 2 N–H and O–H groups in total. The highest BCUT2D eigenvalue weighted by atomic mass is 16.5. The first kappa shape index (κ1) is 22.1. The number of nitrogens with one attached hydrogen (secondary N) is 2. The van der Waals surface area contributed by atoms with Crippen LogP contribution in [0.25, 0.3) is 0 Å². The average Bonchev–Trinajstić information content (AvgIpc) is 2.75. The molecule has 0 aliphatic heterocycles. The molecule has 0 spiro atoms. The topological polar surface area (TPSA) is 67.4 Å². The summed E-state index contributed by atoms with van der Waals surface area (Å²) < 4.78 is 5.76. The second-order valence-electron chi connectivity index (χ2n) is 7.76. The van der Waals surface area contributed by atoms with Crippen LogP contribution in [0.4, 0.5) is 11.4 Å². The third-order valence-electron chi connectivity index (χ3n) is 4.85. The van der Waals surface area contributed by atoms with Crippen LogP contribution in [0.1, 0.15) is 37.8 Å². The molecule has 5 nitrogen and oxygen atoms in total. The van der Waals surface area contributed by atoms with Crippen molar-refractivity contribution in [3.63, 3.8) is 0 Å². The molecule has 3 rings (SSSR count). The molecule has 160 valence electrons. The van der Waals surface area contributed by atoms with Crippen LogP contribution in [0.5, 0.6) is 5.75 Å². The molecule has 0 aliphatic carbocycles. The summed E-state index contributed by atoms with van der Waals surface area (Å²) in [6, 6.07) is 24.4. The summed E-state index contributed by atoms with van der Waals surface area (Å²) in [4.78, 5) is 24.8. The highest BCUT2D eigenvalue weighted by Gasteiger charge is 2.15. The lowest BCUT2D eigenvalue weighted by molar-refractivity contribution is -0.122. The van der Waals surface area contributed by atoms with E-state index in [0.29, 0.717) is 23.0 Å². The van der Waals surface area contributed by atoms with E-state index in [1.54, 1.807) is 31.2 Å². The van der Waals surface area contributed by atoms with E-state index in [-0.39, 0.29) is 18.2 Å². The molecule has 1 atom stereocenters. The van der Waals surface area contributed by atoms with Crippen LogP contribution in [0.2, 0.25) is 0 Å². The van der Waals surface area contributed by atoms with Crippen LogP contribution in [0.3, 0.4) is 0 Å². The Morgan fingerprint density at radius 2 is 1.45 bits per heavy atom. The number of hydrogen-bond acceptors (Lipinski definition) is 3. The molecule has 0 aliphatic rings. The molecule has 2 amide bonds. The Morgan fingerprint density at radius 1 is 0.806 bits per heavy atom. The van der Waals surface area contributed by atoms with E-state index in [1.165, 1.54) is 5.56 Å². The van der Waals surface area contributed by atoms with Crippen LogP contribution in [-0.4, -0.2) is 17.9 Å². The molecular weight excluding hydrogens is 388 g/mol. The minimum Gasteiger partial charge on any atom is -0.481 e. The number of carbonyl (C=O) groups is 2. The van der Waals surface area contributed by atoms with Crippen molar-refractivity contribution in [2.24, 2.45) is 0 Å². The average molecular weight is 417 g/mol. The lowest BCUT2D eigenvalue weighted by Crippen LogP contribution is -2.30. The highest BCUT2D eigenvalue weighted by Crippen LogP contribution is 2.20. The molecule has 3 aromatic rings. The minimum absolute atomic E-state index is 0.115. The van der Waals surface area contributed by atoms with Gasteiger partial charge in [0.1, 0.15) is 5.75 Å². The van der Waals surface area contributed by atoms with E-state index >= 15 is 0 Å². The lowest BCUT2D eigenvalue weighted by atomic mass is 10.0. The Kier molecular flexibility index (Phi) is 7.44. The van der Waals surface area contributed by atoms with Crippen molar-refractivity contribution in [3.8, 4) is 5.75 Å². The molecule has 0 radical (unpaired) electrons. The SMILES string of the molecule is CC(Oc1ccc(C(C)C)cc1)C(=O)Nc1cccc(NC(=O)Cc2ccccc2)c1. The first-order chi connectivity index (χ1) is 14.9. The Balaban J connectivity index is 1.55. The van der Waals surface area contributed by atoms with E-state index in [0.717, 1.165) is 5.56 Å². The van der Waals surface area contributed by atoms with Gasteiger partial charge in [0.25, 0.3) is 5.91 Å². The molecule has 5 heteroatoms. The number of amides is 2. The maximum atomic E-state index is 12.5. The van der Waals surface area contributed by atoms with Gasteiger partial charge >= 0.3 is 0 Å². The summed E-state index contributed by atoms with van der Waals surface area (Å²) in [5.74, 6) is 0.709. The zero-order valence-electron chi connectivity index (χ0n) is 18.1. The molecule has 3 aromatic carbocycles. The van der Waals surface area contributed by atoms with Crippen LogP contribution in [0, 0.1) is 0 Å². The number of carbonyl (C=O) groups excluding carboxylic acids is 2. The van der Waals surface area contributed by atoms with Crippen molar-refractivity contribution >= 4 is 23.2 Å². The Labute approximate surface area is 183 Å². The Hall–Kier alpha value is -3.60. The standard InChI is InChI=1S/C26H28N2O3/c1-18(2)21-12-14-24(15-13-21)31-19(3)26(30)28-23-11-7-10-22(17-23)27-25(29)16-20-8-5-4-6-9-20/h4-15,17-19H,16H2,1-3H3,(H,27,29)(H,28,30). The molecular formula is C26H28N2O3. The number of rotatable bonds is 8.